The average molecular weight is 320 g/mol. The molecule has 24 heavy (non-hydrogen) atoms. The molecule has 1 aliphatic heterocycles. The SMILES string of the molecule is CC(=O)[C@H]1C(c2ccccc2)=NN(c2ccc(C)cc2)[C@@H]1C(C)=O. The predicted molar refractivity (Wildman–Crippen MR) is 95.3 cm³/mol. The maximum Gasteiger partial charge on any atom is 0.155 e. The first-order valence-corrected chi connectivity index (χ1v) is 8.00. The monoisotopic (exact) mass is 320 g/mol. The number of hydrazone groups is 1. The molecule has 4 heteroatoms. The zero-order chi connectivity index (χ0) is 17.3. The summed E-state index contributed by atoms with van der Waals surface area (Å²) >= 11 is 0. The van der Waals surface area contributed by atoms with Crippen molar-refractivity contribution in [1.82, 2.24) is 0 Å². The van der Waals surface area contributed by atoms with Gasteiger partial charge in [-0.05, 0) is 38.5 Å². The minimum Gasteiger partial charge on any atom is -0.299 e. The van der Waals surface area contributed by atoms with Gasteiger partial charge < -0.3 is 0 Å². The van der Waals surface area contributed by atoms with E-state index < -0.39 is 12.0 Å². The molecule has 3 rings (SSSR count). The smallest absolute Gasteiger partial charge is 0.155 e. The van der Waals surface area contributed by atoms with Gasteiger partial charge in [0, 0.05) is 0 Å². The van der Waals surface area contributed by atoms with E-state index in [0.717, 1.165) is 16.8 Å². The van der Waals surface area contributed by atoms with Crippen LogP contribution in [0.2, 0.25) is 0 Å². The molecule has 2 aromatic rings. The van der Waals surface area contributed by atoms with Crippen molar-refractivity contribution < 1.29 is 9.59 Å². The Bertz CT molecular complexity index is 794. The Balaban J connectivity index is 2.12. The quantitative estimate of drug-likeness (QED) is 0.868. The third kappa shape index (κ3) is 2.87. The summed E-state index contributed by atoms with van der Waals surface area (Å²) in [7, 11) is 0. The van der Waals surface area contributed by atoms with Gasteiger partial charge in [0.2, 0.25) is 0 Å². The number of carbonyl (C=O) groups is 2. The minimum absolute atomic E-state index is 0.0487. The molecule has 0 bridgehead atoms. The van der Waals surface area contributed by atoms with Crippen molar-refractivity contribution in [2.45, 2.75) is 26.8 Å². The molecule has 0 radical (unpaired) electrons. The molecule has 0 N–H and O–H groups in total. The van der Waals surface area contributed by atoms with E-state index in [1.165, 1.54) is 13.8 Å². The van der Waals surface area contributed by atoms with Crippen molar-refractivity contribution in [2.75, 3.05) is 5.01 Å². The summed E-state index contributed by atoms with van der Waals surface area (Å²) in [6, 6.07) is 16.8. The number of aryl methyl sites for hydroxylation is 1. The Morgan fingerprint density at radius 2 is 1.54 bits per heavy atom. The zero-order valence-electron chi connectivity index (χ0n) is 14.1. The van der Waals surface area contributed by atoms with Crippen LogP contribution >= 0.6 is 0 Å². The molecule has 0 amide bonds. The van der Waals surface area contributed by atoms with Crippen molar-refractivity contribution in [3.63, 3.8) is 0 Å². The third-order valence-corrected chi connectivity index (χ3v) is 4.31. The summed E-state index contributed by atoms with van der Waals surface area (Å²) in [5, 5.41) is 6.36. The zero-order valence-corrected chi connectivity index (χ0v) is 14.1. The lowest BCUT2D eigenvalue weighted by Gasteiger charge is -2.24. The minimum atomic E-state index is -0.597. The van der Waals surface area contributed by atoms with Crippen molar-refractivity contribution >= 4 is 23.0 Å². The van der Waals surface area contributed by atoms with Crippen LogP contribution in [0.15, 0.2) is 59.7 Å². The van der Waals surface area contributed by atoms with Gasteiger partial charge in [-0.2, -0.15) is 5.10 Å². The molecule has 0 fully saturated rings. The number of ketones is 2. The summed E-state index contributed by atoms with van der Waals surface area (Å²) in [5.74, 6) is -0.663. The van der Waals surface area contributed by atoms with Crippen LogP contribution in [0.5, 0.6) is 0 Å². The highest BCUT2D eigenvalue weighted by Crippen LogP contribution is 2.32. The van der Waals surface area contributed by atoms with Crippen LogP contribution in [0.3, 0.4) is 0 Å². The van der Waals surface area contributed by atoms with Gasteiger partial charge in [-0.15, -0.1) is 0 Å². The molecule has 1 aliphatic rings. The van der Waals surface area contributed by atoms with E-state index >= 15 is 0 Å². The van der Waals surface area contributed by atoms with Crippen molar-refractivity contribution in [1.29, 1.82) is 0 Å². The number of nitrogens with zero attached hydrogens (tertiary/aromatic N) is 2. The largest absolute Gasteiger partial charge is 0.299 e. The number of anilines is 1. The fraction of sp³-hybridized carbons (Fsp3) is 0.250. The third-order valence-electron chi connectivity index (χ3n) is 4.31. The number of hydrogen-bond acceptors (Lipinski definition) is 4. The summed E-state index contributed by atoms with van der Waals surface area (Å²) in [4.78, 5) is 24.6. The first-order valence-electron chi connectivity index (χ1n) is 8.00. The van der Waals surface area contributed by atoms with Crippen molar-refractivity contribution in [3.05, 3.63) is 65.7 Å². The maximum atomic E-state index is 12.3. The number of hydrogen-bond donors (Lipinski definition) is 0. The summed E-state index contributed by atoms with van der Waals surface area (Å²) in [6.45, 7) is 5.05. The molecule has 0 saturated heterocycles. The lowest BCUT2D eigenvalue weighted by Crippen LogP contribution is -2.42. The highest BCUT2D eigenvalue weighted by atomic mass is 16.1. The van der Waals surface area contributed by atoms with Gasteiger partial charge in [-0.3, -0.25) is 14.6 Å². The van der Waals surface area contributed by atoms with Gasteiger partial charge in [0.15, 0.2) is 5.78 Å². The first kappa shape index (κ1) is 16.1. The molecule has 1 heterocycles. The Morgan fingerprint density at radius 1 is 0.917 bits per heavy atom. The number of rotatable bonds is 4. The fourth-order valence-corrected chi connectivity index (χ4v) is 3.12. The number of Topliss-reactive ketones (excluding diaryl/α,β-unsaturated/α-hetero) is 2. The fourth-order valence-electron chi connectivity index (χ4n) is 3.12. The Kier molecular flexibility index (Phi) is 4.30. The Morgan fingerprint density at radius 3 is 2.08 bits per heavy atom. The summed E-state index contributed by atoms with van der Waals surface area (Å²) in [6.07, 6.45) is 0. The lowest BCUT2D eigenvalue weighted by molar-refractivity contribution is -0.124. The van der Waals surface area contributed by atoms with E-state index in [1.807, 2.05) is 61.5 Å². The van der Waals surface area contributed by atoms with E-state index in [2.05, 4.69) is 5.10 Å². The molecule has 2 aromatic carbocycles. The second kappa shape index (κ2) is 6.40. The standard InChI is InChI=1S/C20H20N2O2/c1-13-9-11-17(12-10-13)22-20(15(3)24)18(14(2)23)19(21-22)16-7-5-4-6-8-16/h4-12,18,20H,1-3H3/t18-,20+/m0/s1. The van der Waals surface area contributed by atoms with Gasteiger partial charge in [0.1, 0.15) is 11.8 Å². The van der Waals surface area contributed by atoms with E-state index in [4.69, 9.17) is 0 Å². The van der Waals surface area contributed by atoms with Crippen LogP contribution in [0.1, 0.15) is 25.0 Å². The van der Waals surface area contributed by atoms with Gasteiger partial charge in [-0.1, -0.05) is 48.0 Å². The molecule has 4 nitrogen and oxygen atoms in total. The molecular weight excluding hydrogens is 300 g/mol. The first-order chi connectivity index (χ1) is 11.5. The maximum absolute atomic E-state index is 12.3. The van der Waals surface area contributed by atoms with Crippen LogP contribution in [-0.4, -0.2) is 23.3 Å². The van der Waals surface area contributed by atoms with E-state index in [0.29, 0.717) is 5.71 Å². The molecule has 2 atom stereocenters. The van der Waals surface area contributed by atoms with Crippen LogP contribution in [0, 0.1) is 12.8 Å². The van der Waals surface area contributed by atoms with Crippen molar-refractivity contribution in [2.24, 2.45) is 11.0 Å². The number of carbonyl (C=O) groups excluding carboxylic acids is 2. The predicted octanol–water partition coefficient (Wildman–Crippen LogP) is 3.38. The second-order valence-corrected chi connectivity index (χ2v) is 6.18. The van der Waals surface area contributed by atoms with Gasteiger partial charge in [-0.25, -0.2) is 0 Å². The highest BCUT2D eigenvalue weighted by Gasteiger charge is 2.44. The van der Waals surface area contributed by atoms with E-state index in [1.54, 1.807) is 5.01 Å². The highest BCUT2D eigenvalue weighted by molar-refractivity contribution is 6.18. The lowest BCUT2D eigenvalue weighted by atomic mass is 9.86. The second-order valence-electron chi connectivity index (χ2n) is 6.18. The molecular formula is C20H20N2O2. The van der Waals surface area contributed by atoms with E-state index in [-0.39, 0.29) is 11.6 Å². The van der Waals surface area contributed by atoms with Crippen LogP contribution in [-0.2, 0) is 9.59 Å². The van der Waals surface area contributed by atoms with Crippen LogP contribution in [0.4, 0.5) is 5.69 Å². The van der Waals surface area contributed by atoms with E-state index in [9.17, 15) is 9.59 Å². The summed E-state index contributed by atoms with van der Waals surface area (Å²) < 4.78 is 0. The topological polar surface area (TPSA) is 49.7 Å². The Labute approximate surface area is 141 Å². The van der Waals surface area contributed by atoms with Crippen molar-refractivity contribution in [3.8, 4) is 0 Å². The van der Waals surface area contributed by atoms with Gasteiger partial charge in [0.25, 0.3) is 0 Å². The average Bonchev–Trinajstić information content (AvgIpc) is 2.97. The van der Waals surface area contributed by atoms with Gasteiger partial charge >= 0.3 is 0 Å². The molecule has 0 saturated carbocycles. The van der Waals surface area contributed by atoms with Crippen LogP contribution in [0.25, 0.3) is 0 Å². The normalized spacial score (nSPS) is 20.0. The Hall–Kier alpha value is -2.75. The molecule has 0 aliphatic carbocycles. The van der Waals surface area contributed by atoms with Crippen LogP contribution < -0.4 is 5.01 Å². The summed E-state index contributed by atoms with van der Waals surface area (Å²) in [5.41, 5.74) is 3.48. The molecule has 0 aromatic heterocycles. The van der Waals surface area contributed by atoms with Gasteiger partial charge in [0.05, 0.1) is 17.3 Å². The molecule has 0 unspecified atom stereocenters. The molecule has 122 valence electrons. The molecule has 0 spiro atoms. The number of benzene rings is 2.